The molecule has 58 heavy (non-hydrogen) atoms. The summed E-state index contributed by atoms with van der Waals surface area (Å²) < 4.78 is 0. The molecule has 0 N–H and O–H groups in total. The van der Waals surface area contributed by atoms with Gasteiger partial charge in [-0.15, -0.1) is 0 Å². The molecule has 0 aromatic heterocycles. The lowest BCUT2D eigenvalue weighted by atomic mass is 9.96. The zero-order valence-electron chi connectivity index (χ0n) is 32.2. The minimum absolute atomic E-state index is 1.06. The van der Waals surface area contributed by atoms with Crippen molar-refractivity contribution in [2.75, 3.05) is 9.80 Å². The average molecular weight is 743 g/mol. The van der Waals surface area contributed by atoms with E-state index in [-0.39, 0.29) is 0 Å². The molecule has 0 radical (unpaired) electrons. The van der Waals surface area contributed by atoms with E-state index in [0.29, 0.717) is 0 Å². The first kappa shape index (κ1) is 35.0. The van der Waals surface area contributed by atoms with Gasteiger partial charge in [0.1, 0.15) is 0 Å². The predicted molar refractivity (Wildman–Crippen MR) is 247 cm³/mol. The zero-order chi connectivity index (χ0) is 38.7. The highest BCUT2D eigenvalue weighted by atomic mass is 15.1. The minimum atomic E-state index is 1.06. The Hall–Kier alpha value is -7.42. The highest BCUT2D eigenvalue weighted by molar-refractivity contribution is 5.90. The Labute approximate surface area is 341 Å². The van der Waals surface area contributed by atoms with Gasteiger partial charge in [0.05, 0.1) is 0 Å². The second kappa shape index (κ2) is 15.6. The summed E-state index contributed by atoms with van der Waals surface area (Å²) in [5.41, 5.74) is 16.7. The number of allylic oxidation sites excluding steroid dienone is 1. The largest absolute Gasteiger partial charge is 0.310 e. The SMILES string of the molecule is C1=Cc2ccc(N(c3ccc(-c4ccccc4)cc3)c3ccc(-c4ccc(N(c5ccc(-c6ccccc6)cc5)c5ccc6ccccc6c5)cc4)cc3)cc2CC1. The summed E-state index contributed by atoms with van der Waals surface area (Å²) in [4.78, 5) is 4.73. The molecule has 276 valence electrons. The zero-order valence-corrected chi connectivity index (χ0v) is 32.2. The van der Waals surface area contributed by atoms with Gasteiger partial charge in [-0.25, -0.2) is 0 Å². The molecule has 0 spiro atoms. The van der Waals surface area contributed by atoms with E-state index in [0.717, 1.165) is 41.3 Å². The molecule has 10 rings (SSSR count). The lowest BCUT2D eigenvalue weighted by Crippen LogP contribution is -2.11. The number of anilines is 6. The molecule has 0 fully saturated rings. The van der Waals surface area contributed by atoms with Gasteiger partial charge in [-0.2, -0.15) is 0 Å². The first-order valence-corrected chi connectivity index (χ1v) is 20.1. The second-order valence-corrected chi connectivity index (χ2v) is 14.9. The molecule has 2 nitrogen and oxygen atoms in total. The number of nitrogens with zero attached hydrogens (tertiary/aromatic N) is 2. The maximum atomic E-state index is 2.38. The number of rotatable bonds is 9. The van der Waals surface area contributed by atoms with Gasteiger partial charge in [0.25, 0.3) is 0 Å². The highest BCUT2D eigenvalue weighted by Crippen LogP contribution is 2.40. The molecule has 2 heteroatoms. The Kier molecular flexibility index (Phi) is 9.43. The summed E-state index contributed by atoms with van der Waals surface area (Å²) in [5, 5.41) is 2.45. The van der Waals surface area contributed by atoms with E-state index in [4.69, 9.17) is 0 Å². The highest BCUT2D eigenvalue weighted by Gasteiger charge is 2.17. The van der Waals surface area contributed by atoms with Crippen LogP contribution in [0.25, 0.3) is 50.2 Å². The normalized spacial score (nSPS) is 11.9. The van der Waals surface area contributed by atoms with Crippen molar-refractivity contribution in [2.45, 2.75) is 12.8 Å². The molecule has 1 aliphatic rings. The number of fused-ring (bicyclic) bond motifs is 2. The van der Waals surface area contributed by atoms with Crippen LogP contribution in [0.2, 0.25) is 0 Å². The first-order chi connectivity index (χ1) is 28.7. The Morgan fingerprint density at radius 2 is 0.672 bits per heavy atom. The number of benzene rings is 9. The van der Waals surface area contributed by atoms with Crippen LogP contribution >= 0.6 is 0 Å². The molecule has 9 aromatic rings. The van der Waals surface area contributed by atoms with Crippen molar-refractivity contribution in [3.63, 3.8) is 0 Å². The van der Waals surface area contributed by atoms with Crippen molar-refractivity contribution >= 4 is 51.0 Å². The Bertz CT molecular complexity index is 2840. The van der Waals surface area contributed by atoms with Gasteiger partial charge in [0, 0.05) is 34.1 Å². The van der Waals surface area contributed by atoms with E-state index in [2.05, 4.69) is 240 Å². The molecule has 0 saturated carbocycles. The van der Waals surface area contributed by atoms with Crippen molar-refractivity contribution in [3.05, 3.63) is 236 Å². The maximum Gasteiger partial charge on any atom is 0.0468 e. The fourth-order valence-electron chi connectivity index (χ4n) is 8.24. The van der Waals surface area contributed by atoms with Crippen LogP contribution in [0.5, 0.6) is 0 Å². The predicted octanol–water partition coefficient (Wildman–Crippen LogP) is 15.7. The molecule has 9 aromatic carbocycles. The van der Waals surface area contributed by atoms with E-state index in [1.54, 1.807) is 0 Å². The lowest BCUT2D eigenvalue weighted by molar-refractivity contribution is 0.984. The minimum Gasteiger partial charge on any atom is -0.310 e. The molecule has 0 amide bonds. The molecule has 0 unspecified atom stereocenters. The van der Waals surface area contributed by atoms with Crippen LogP contribution in [-0.2, 0) is 6.42 Å². The summed E-state index contributed by atoms with van der Waals surface area (Å²) >= 11 is 0. The second-order valence-electron chi connectivity index (χ2n) is 14.9. The molecule has 0 atom stereocenters. The standard InChI is InChI=1S/C56H42N2/c1-3-11-41(12-4-1)45-19-29-51(30-20-45)57(55-37-27-43-15-7-9-17-49(43)39-55)53-33-23-47(24-34-53)48-25-35-54(36-26-48)58(56-38-28-44-16-8-10-18-50(44)40-56)52-31-21-46(22-32-52)42-13-5-2-6-14-42/h1-9,11-17,19-40H,10,18H2. The third-order valence-electron chi connectivity index (χ3n) is 11.3. The van der Waals surface area contributed by atoms with Crippen molar-refractivity contribution < 1.29 is 0 Å². The van der Waals surface area contributed by atoms with Gasteiger partial charge < -0.3 is 9.80 Å². The molecule has 0 heterocycles. The van der Waals surface area contributed by atoms with Gasteiger partial charge in [0.2, 0.25) is 0 Å². The van der Waals surface area contributed by atoms with E-state index in [1.165, 1.54) is 61.0 Å². The average Bonchev–Trinajstić information content (AvgIpc) is 3.31. The monoisotopic (exact) mass is 742 g/mol. The van der Waals surface area contributed by atoms with Gasteiger partial charge >= 0.3 is 0 Å². The van der Waals surface area contributed by atoms with Crippen molar-refractivity contribution in [1.82, 2.24) is 0 Å². The van der Waals surface area contributed by atoms with Crippen LogP contribution in [0.1, 0.15) is 17.5 Å². The Morgan fingerprint density at radius 3 is 1.16 bits per heavy atom. The van der Waals surface area contributed by atoms with E-state index in [1.807, 2.05) is 0 Å². The van der Waals surface area contributed by atoms with Crippen LogP contribution in [0.15, 0.2) is 224 Å². The third kappa shape index (κ3) is 7.09. The smallest absolute Gasteiger partial charge is 0.0468 e. The number of hydrogen-bond donors (Lipinski definition) is 0. The first-order valence-electron chi connectivity index (χ1n) is 20.1. The van der Waals surface area contributed by atoms with Crippen molar-refractivity contribution in [1.29, 1.82) is 0 Å². The van der Waals surface area contributed by atoms with Gasteiger partial charge in [0.15, 0.2) is 0 Å². The van der Waals surface area contributed by atoms with Crippen LogP contribution in [0.3, 0.4) is 0 Å². The summed E-state index contributed by atoms with van der Waals surface area (Å²) in [6.07, 6.45) is 6.67. The van der Waals surface area contributed by atoms with Gasteiger partial charge in [-0.05, 0) is 141 Å². The van der Waals surface area contributed by atoms with Gasteiger partial charge in [-0.3, -0.25) is 0 Å². The maximum absolute atomic E-state index is 2.38. The quantitative estimate of drug-likeness (QED) is 0.145. The van der Waals surface area contributed by atoms with Gasteiger partial charge in [-0.1, -0.05) is 158 Å². The topological polar surface area (TPSA) is 6.48 Å². The molecule has 0 aliphatic heterocycles. The fraction of sp³-hybridized carbons (Fsp3) is 0.0357. The van der Waals surface area contributed by atoms with Crippen LogP contribution < -0.4 is 9.80 Å². The Morgan fingerprint density at radius 1 is 0.293 bits per heavy atom. The summed E-state index contributed by atoms with van der Waals surface area (Å²) in [5.74, 6) is 0. The molecule has 0 saturated heterocycles. The van der Waals surface area contributed by atoms with E-state index < -0.39 is 0 Å². The number of aryl methyl sites for hydroxylation is 1. The van der Waals surface area contributed by atoms with Crippen LogP contribution in [0, 0.1) is 0 Å². The summed E-state index contributed by atoms with van der Waals surface area (Å²) in [6.45, 7) is 0. The third-order valence-corrected chi connectivity index (χ3v) is 11.3. The van der Waals surface area contributed by atoms with Crippen LogP contribution in [0.4, 0.5) is 34.1 Å². The fourth-order valence-corrected chi connectivity index (χ4v) is 8.24. The van der Waals surface area contributed by atoms with Crippen molar-refractivity contribution in [2.24, 2.45) is 0 Å². The van der Waals surface area contributed by atoms with E-state index >= 15 is 0 Å². The summed E-state index contributed by atoms with van der Waals surface area (Å²) in [6, 6.07) is 79.1. The van der Waals surface area contributed by atoms with Crippen LogP contribution in [-0.4, -0.2) is 0 Å². The molecular weight excluding hydrogens is 701 g/mol. The molecule has 1 aliphatic carbocycles. The van der Waals surface area contributed by atoms with E-state index in [9.17, 15) is 0 Å². The lowest BCUT2D eigenvalue weighted by Gasteiger charge is -2.27. The molecule has 0 bridgehead atoms. The summed E-state index contributed by atoms with van der Waals surface area (Å²) in [7, 11) is 0. The Balaban J connectivity index is 0.977. The number of hydrogen-bond acceptors (Lipinski definition) is 2. The molecular formula is C56H42N2. The van der Waals surface area contributed by atoms with Crippen molar-refractivity contribution in [3.8, 4) is 33.4 Å².